The maximum Gasteiger partial charge on any atom is 0.314 e. The topological polar surface area (TPSA) is 93.3 Å². The van der Waals surface area contributed by atoms with Crippen molar-refractivity contribution >= 4 is 11.2 Å². The summed E-state index contributed by atoms with van der Waals surface area (Å²) in [6.45, 7) is -0.0578. The molecule has 0 spiro atoms. The fourth-order valence-electron chi connectivity index (χ4n) is 2.11. The summed E-state index contributed by atoms with van der Waals surface area (Å²) in [6, 6.07) is 0. The van der Waals surface area contributed by atoms with Gasteiger partial charge in [0.2, 0.25) is 5.88 Å². The predicted octanol–water partition coefficient (Wildman–Crippen LogP) is 0.341. The first-order valence-electron chi connectivity index (χ1n) is 5.54. The molecule has 0 aliphatic carbocycles. The molecule has 0 saturated carbocycles. The number of aliphatic hydroxyl groups excluding tert-OH is 1. The Hall–Kier alpha value is -1.80. The molecule has 0 aromatic carbocycles. The van der Waals surface area contributed by atoms with Crippen LogP contribution in [-0.2, 0) is 4.74 Å². The van der Waals surface area contributed by atoms with Crippen molar-refractivity contribution < 1.29 is 19.3 Å². The first-order valence-corrected chi connectivity index (χ1v) is 5.54. The third-order valence-electron chi connectivity index (χ3n) is 2.97. The maximum absolute atomic E-state index is 13.1. The molecule has 1 aliphatic heterocycles. The number of ether oxygens (including phenoxy) is 1. The molecule has 18 heavy (non-hydrogen) atoms. The van der Waals surface area contributed by atoms with Crippen LogP contribution in [-0.4, -0.2) is 42.4 Å². The molecule has 1 aliphatic rings. The molecule has 2 N–H and O–H groups in total. The van der Waals surface area contributed by atoms with E-state index in [1.54, 1.807) is 0 Å². The third kappa shape index (κ3) is 1.70. The van der Waals surface area contributed by atoms with Gasteiger partial charge in [-0.1, -0.05) is 0 Å². The van der Waals surface area contributed by atoms with Crippen molar-refractivity contribution in [3.8, 4) is 5.88 Å². The molecule has 96 valence electrons. The highest BCUT2D eigenvalue weighted by Crippen LogP contribution is 2.31. The van der Waals surface area contributed by atoms with Crippen LogP contribution < -0.4 is 0 Å². The first-order chi connectivity index (χ1) is 8.69. The van der Waals surface area contributed by atoms with Crippen molar-refractivity contribution in [2.45, 2.75) is 25.2 Å². The first kappa shape index (κ1) is 11.3. The zero-order valence-electron chi connectivity index (χ0n) is 9.32. The minimum absolute atomic E-state index is 0.0578. The van der Waals surface area contributed by atoms with E-state index in [0.717, 1.165) is 0 Å². The molecule has 2 atom stereocenters. The molecule has 3 rings (SSSR count). The van der Waals surface area contributed by atoms with Crippen LogP contribution in [0.15, 0.2) is 6.33 Å². The Morgan fingerprint density at radius 1 is 1.44 bits per heavy atom. The van der Waals surface area contributed by atoms with Crippen LogP contribution in [0.1, 0.15) is 19.1 Å². The predicted molar refractivity (Wildman–Crippen MR) is 57.2 cm³/mol. The Morgan fingerprint density at radius 3 is 3.00 bits per heavy atom. The number of fused-ring (bicyclic) bond motifs is 1. The van der Waals surface area contributed by atoms with E-state index < -0.39 is 12.0 Å². The molecule has 0 unspecified atom stereocenters. The molecule has 3 heterocycles. The highest BCUT2D eigenvalue weighted by molar-refractivity contribution is 5.75. The second-order valence-electron chi connectivity index (χ2n) is 4.11. The fourth-order valence-corrected chi connectivity index (χ4v) is 2.11. The number of aromatic hydroxyl groups is 1. The monoisotopic (exact) mass is 254 g/mol. The Balaban J connectivity index is 2.03. The van der Waals surface area contributed by atoms with Gasteiger partial charge in [-0.3, -0.25) is 4.57 Å². The van der Waals surface area contributed by atoms with Gasteiger partial charge in [0.15, 0.2) is 11.2 Å². The smallest absolute Gasteiger partial charge is 0.314 e. The van der Waals surface area contributed by atoms with Crippen molar-refractivity contribution in [3.05, 3.63) is 12.4 Å². The number of hydrogen-bond donors (Lipinski definition) is 2. The summed E-state index contributed by atoms with van der Waals surface area (Å²) in [5, 5.41) is 18.5. The van der Waals surface area contributed by atoms with Crippen LogP contribution >= 0.6 is 0 Å². The summed E-state index contributed by atoms with van der Waals surface area (Å²) < 4.78 is 20.2. The van der Waals surface area contributed by atoms with Crippen molar-refractivity contribution in [1.82, 2.24) is 19.5 Å². The molecule has 0 bridgehead atoms. The molecule has 2 aromatic rings. The standard InChI is InChI=1S/C10H11FN4O3/c11-10-13-8-7(9(17)14-10)12-4-15(8)6-2-1-5(3-16)18-6/h4-6,16H,1-3H2,(H,13,14,17)/t5-,6+/m0/s1. The normalized spacial score (nSPS) is 23.9. The quantitative estimate of drug-likeness (QED) is 0.751. The van der Waals surface area contributed by atoms with Gasteiger partial charge in [0, 0.05) is 0 Å². The van der Waals surface area contributed by atoms with E-state index in [1.165, 1.54) is 10.9 Å². The summed E-state index contributed by atoms with van der Waals surface area (Å²) in [6.07, 6.45) is 1.19. The lowest BCUT2D eigenvalue weighted by Crippen LogP contribution is -2.14. The summed E-state index contributed by atoms with van der Waals surface area (Å²) in [4.78, 5) is 10.7. The third-order valence-corrected chi connectivity index (χ3v) is 2.97. The molecule has 7 nitrogen and oxygen atoms in total. The van der Waals surface area contributed by atoms with Crippen molar-refractivity contribution in [2.24, 2.45) is 0 Å². The van der Waals surface area contributed by atoms with Crippen LogP contribution in [0.3, 0.4) is 0 Å². The second-order valence-corrected chi connectivity index (χ2v) is 4.11. The van der Waals surface area contributed by atoms with Crippen LogP contribution in [0.4, 0.5) is 4.39 Å². The number of nitrogens with zero attached hydrogens (tertiary/aromatic N) is 4. The van der Waals surface area contributed by atoms with Gasteiger partial charge in [-0.15, -0.1) is 0 Å². The van der Waals surface area contributed by atoms with Gasteiger partial charge in [-0.05, 0) is 12.8 Å². The molecule has 0 amide bonds. The van der Waals surface area contributed by atoms with Gasteiger partial charge in [-0.2, -0.15) is 14.4 Å². The van der Waals surface area contributed by atoms with E-state index in [0.29, 0.717) is 12.8 Å². The average Bonchev–Trinajstić information content (AvgIpc) is 2.93. The van der Waals surface area contributed by atoms with Crippen LogP contribution in [0.25, 0.3) is 11.2 Å². The Kier molecular flexibility index (Phi) is 2.60. The van der Waals surface area contributed by atoms with Crippen LogP contribution in [0.5, 0.6) is 5.88 Å². The van der Waals surface area contributed by atoms with Crippen LogP contribution in [0, 0.1) is 6.08 Å². The van der Waals surface area contributed by atoms with E-state index >= 15 is 0 Å². The van der Waals surface area contributed by atoms with Gasteiger partial charge < -0.3 is 14.9 Å². The minimum atomic E-state index is -1.02. The summed E-state index contributed by atoms with van der Waals surface area (Å²) >= 11 is 0. The van der Waals surface area contributed by atoms with Gasteiger partial charge >= 0.3 is 6.08 Å². The minimum Gasteiger partial charge on any atom is -0.492 e. The molecular formula is C10H11FN4O3. The number of aliphatic hydroxyl groups is 1. The van der Waals surface area contributed by atoms with Gasteiger partial charge in [0.05, 0.1) is 19.0 Å². The van der Waals surface area contributed by atoms with Gasteiger partial charge in [0.1, 0.15) is 6.23 Å². The van der Waals surface area contributed by atoms with E-state index in [9.17, 15) is 9.50 Å². The molecule has 1 saturated heterocycles. The van der Waals surface area contributed by atoms with Crippen LogP contribution in [0.2, 0.25) is 0 Å². The van der Waals surface area contributed by atoms with E-state index in [1.807, 2.05) is 0 Å². The fraction of sp³-hybridized carbons (Fsp3) is 0.500. The highest BCUT2D eigenvalue weighted by atomic mass is 19.1. The molecule has 1 fully saturated rings. The lowest BCUT2D eigenvalue weighted by molar-refractivity contribution is -0.0207. The summed E-state index contributed by atoms with van der Waals surface area (Å²) in [5.41, 5.74) is 0.316. The number of hydrogen-bond acceptors (Lipinski definition) is 6. The zero-order chi connectivity index (χ0) is 12.7. The SMILES string of the molecule is OC[C@@H]1CC[C@H](n2cnc3c(O)nc(F)nc32)O1. The van der Waals surface area contributed by atoms with Crippen molar-refractivity contribution in [1.29, 1.82) is 0 Å². The van der Waals surface area contributed by atoms with Crippen molar-refractivity contribution in [3.63, 3.8) is 0 Å². The zero-order valence-corrected chi connectivity index (χ0v) is 9.32. The van der Waals surface area contributed by atoms with Crippen molar-refractivity contribution in [2.75, 3.05) is 6.61 Å². The molecule has 8 heteroatoms. The largest absolute Gasteiger partial charge is 0.492 e. The average molecular weight is 254 g/mol. The van der Waals surface area contributed by atoms with E-state index in [4.69, 9.17) is 9.84 Å². The number of halogens is 1. The Bertz CT molecular complexity index is 588. The van der Waals surface area contributed by atoms with E-state index in [2.05, 4.69) is 15.0 Å². The second kappa shape index (κ2) is 4.14. The van der Waals surface area contributed by atoms with E-state index in [-0.39, 0.29) is 30.1 Å². The highest BCUT2D eigenvalue weighted by Gasteiger charge is 2.28. The summed E-state index contributed by atoms with van der Waals surface area (Å²) in [7, 11) is 0. The molecule has 0 radical (unpaired) electrons. The maximum atomic E-state index is 13.1. The number of rotatable bonds is 2. The lowest BCUT2D eigenvalue weighted by atomic mass is 10.2. The number of imidazole rings is 1. The molecular weight excluding hydrogens is 243 g/mol. The number of aromatic nitrogens is 4. The Morgan fingerprint density at radius 2 is 2.28 bits per heavy atom. The van der Waals surface area contributed by atoms with Gasteiger partial charge in [-0.25, -0.2) is 4.98 Å². The molecule has 2 aromatic heterocycles. The van der Waals surface area contributed by atoms with Gasteiger partial charge in [0.25, 0.3) is 0 Å². The Labute approximate surface area is 101 Å². The lowest BCUT2D eigenvalue weighted by Gasteiger charge is -2.13. The summed E-state index contributed by atoms with van der Waals surface area (Å²) in [5.74, 6) is -0.493.